The van der Waals surface area contributed by atoms with E-state index in [0.29, 0.717) is 41.3 Å². The third kappa shape index (κ3) is 3.86. The number of hydrogen-bond acceptors (Lipinski definition) is 8. The van der Waals surface area contributed by atoms with Crippen LogP contribution in [-0.4, -0.2) is 48.0 Å². The van der Waals surface area contributed by atoms with E-state index < -0.39 is 0 Å². The van der Waals surface area contributed by atoms with Crippen LogP contribution in [-0.2, 0) is 4.79 Å². The van der Waals surface area contributed by atoms with Gasteiger partial charge in [-0.2, -0.15) is 20.4 Å². The van der Waals surface area contributed by atoms with Gasteiger partial charge in [-0.3, -0.25) is 9.78 Å². The van der Waals surface area contributed by atoms with E-state index in [2.05, 4.69) is 35.6 Å². The van der Waals surface area contributed by atoms with Gasteiger partial charge in [0.05, 0.1) is 35.0 Å². The van der Waals surface area contributed by atoms with Crippen LogP contribution in [0.1, 0.15) is 12.8 Å². The molecule has 4 aromatic heterocycles. The summed E-state index contributed by atoms with van der Waals surface area (Å²) in [6.07, 6.45) is 7.94. The van der Waals surface area contributed by atoms with Crippen LogP contribution < -0.4 is 4.90 Å². The number of carbonyl (C=O) groups excluding carboxylic acids is 1. The van der Waals surface area contributed by atoms with Crippen molar-refractivity contribution in [1.29, 1.82) is 0 Å². The number of aromatic nitrogens is 7. The van der Waals surface area contributed by atoms with Crippen molar-refractivity contribution in [2.45, 2.75) is 12.8 Å². The molecule has 174 valence electrons. The first-order valence-electron chi connectivity index (χ1n) is 11.6. The van der Waals surface area contributed by atoms with E-state index in [0.717, 1.165) is 28.8 Å². The SMILES string of the molecule is O=C1CCCN1c1cnnc(-c2ccccc2-c2nnccc2-c2ccccn2)c1-c1cccnn1. The van der Waals surface area contributed by atoms with E-state index in [1.165, 1.54) is 0 Å². The Balaban J connectivity index is 1.60. The zero-order valence-electron chi connectivity index (χ0n) is 19.2. The van der Waals surface area contributed by atoms with Crippen molar-refractivity contribution in [3.05, 3.63) is 85.5 Å². The smallest absolute Gasteiger partial charge is 0.227 e. The van der Waals surface area contributed by atoms with Gasteiger partial charge in [0.1, 0.15) is 11.4 Å². The average Bonchev–Trinajstić information content (AvgIpc) is 3.39. The summed E-state index contributed by atoms with van der Waals surface area (Å²) in [7, 11) is 0. The fourth-order valence-corrected chi connectivity index (χ4v) is 4.52. The van der Waals surface area contributed by atoms with Crippen molar-refractivity contribution in [2.24, 2.45) is 0 Å². The Labute approximate surface area is 206 Å². The maximum Gasteiger partial charge on any atom is 0.227 e. The van der Waals surface area contributed by atoms with E-state index in [-0.39, 0.29) is 5.91 Å². The van der Waals surface area contributed by atoms with Crippen LogP contribution in [0.15, 0.2) is 85.5 Å². The Kier molecular flexibility index (Phi) is 5.63. The zero-order valence-corrected chi connectivity index (χ0v) is 19.2. The van der Waals surface area contributed by atoms with E-state index in [1.54, 1.807) is 29.7 Å². The normalized spacial score (nSPS) is 13.2. The van der Waals surface area contributed by atoms with Crippen molar-refractivity contribution in [1.82, 2.24) is 35.6 Å². The molecule has 0 unspecified atom stereocenters. The number of amides is 1. The van der Waals surface area contributed by atoms with Crippen molar-refractivity contribution in [3.63, 3.8) is 0 Å². The van der Waals surface area contributed by atoms with Gasteiger partial charge in [-0.05, 0) is 36.8 Å². The van der Waals surface area contributed by atoms with Gasteiger partial charge in [0.25, 0.3) is 0 Å². The van der Waals surface area contributed by atoms with Crippen LogP contribution in [0.25, 0.3) is 45.0 Å². The Hall–Kier alpha value is -4.92. The molecule has 9 nitrogen and oxygen atoms in total. The molecule has 5 aromatic rings. The largest absolute Gasteiger partial charge is 0.310 e. The van der Waals surface area contributed by atoms with Gasteiger partial charge < -0.3 is 4.90 Å². The van der Waals surface area contributed by atoms with Crippen LogP contribution in [0.2, 0.25) is 0 Å². The molecule has 1 saturated heterocycles. The van der Waals surface area contributed by atoms with Crippen LogP contribution in [0.3, 0.4) is 0 Å². The van der Waals surface area contributed by atoms with Gasteiger partial charge >= 0.3 is 0 Å². The van der Waals surface area contributed by atoms with Crippen LogP contribution >= 0.6 is 0 Å². The van der Waals surface area contributed by atoms with Crippen molar-refractivity contribution < 1.29 is 4.79 Å². The molecule has 6 rings (SSSR count). The molecule has 1 aromatic carbocycles. The second-order valence-corrected chi connectivity index (χ2v) is 8.27. The topological polar surface area (TPSA) is 111 Å². The Morgan fingerprint density at radius 3 is 2.19 bits per heavy atom. The number of anilines is 1. The highest BCUT2D eigenvalue weighted by molar-refractivity contribution is 6.02. The highest BCUT2D eigenvalue weighted by atomic mass is 16.2. The fourth-order valence-electron chi connectivity index (χ4n) is 4.52. The zero-order chi connectivity index (χ0) is 24.3. The van der Waals surface area contributed by atoms with Gasteiger partial charge in [-0.15, -0.1) is 10.2 Å². The predicted octanol–water partition coefficient (Wildman–Crippen LogP) is 4.25. The minimum atomic E-state index is 0.0544. The van der Waals surface area contributed by atoms with Crippen LogP contribution in [0.4, 0.5) is 5.69 Å². The molecule has 1 aliphatic rings. The summed E-state index contributed by atoms with van der Waals surface area (Å²) in [6.45, 7) is 0.618. The molecule has 0 bridgehead atoms. The van der Waals surface area contributed by atoms with Crippen molar-refractivity contribution in [3.8, 4) is 45.0 Å². The maximum atomic E-state index is 12.7. The van der Waals surface area contributed by atoms with Gasteiger partial charge in [-0.1, -0.05) is 30.3 Å². The number of benzene rings is 1. The molecular weight excluding hydrogens is 452 g/mol. The molecular formula is C27H20N8O. The first-order chi connectivity index (χ1) is 17.8. The van der Waals surface area contributed by atoms with Crippen molar-refractivity contribution >= 4 is 11.6 Å². The molecule has 0 atom stereocenters. The summed E-state index contributed by atoms with van der Waals surface area (Å²) in [4.78, 5) is 19.0. The second-order valence-electron chi connectivity index (χ2n) is 8.27. The molecule has 36 heavy (non-hydrogen) atoms. The lowest BCUT2D eigenvalue weighted by molar-refractivity contribution is -0.117. The molecule has 0 saturated carbocycles. The third-order valence-corrected chi connectivity index (χ3v) is 6.12. The molecule has 1 fully saturated rings. The monoisotopic (exact) mass is 472 g/mol. The molecule has 1 aliphatic heterocycles. The molecule has 1 amide bonds. The average molecular weight is 473 g/mol. The molecule has 0 radical (unpaired) electrons. The summed E-state index contributed by atoms with van der Waals surface area (Å²) in [5.41, 5.74) is 6.46. The number of nitrogens with zero attached hydrogens (tertiary/aromatic N) is 8. The number of hydrogen-bond donors (Lipinski definition) is 0. The minimum absolute atomic E-state index is 0.0544. The van der Waals surface area contributed by atoms with Crippen LogP contribution in [0.5, 0.6) is 0 Å². The lowest BCUT2D eigenvalue weighted by Gasteiger charge is -2.21. The molecule has 0 spiro atoms. The fraction of sp³-hybridized carbons (Fsp3) is 0.111. The summed E-state index contributed by atoms with van der Waals surface area (Å²) >= 11 is 0. The summed E-state index contributed by atoms with van der Waals surface area (Å²) < 4.78 is 0. The number of carbonyl (C=O) groups is 1. The van der Waals surface area contributed by atoms with E-state index in [9.17, 15) is 4.79 Å². The van der Waals surface area contributed by atoms with Gasteiger partial charge in [0, 0.05) is 42.0 Å². The van der Waals surface area contributed by atoms with Gasteiger partial charge in [0.2, 0.25) is 5.91 Å². The number of rotatable bonds is 5. The predicted molar refractivity (Wildman–Crippen MR) is 134 cm³/mol. The number of pyridine rings is 1. The minimum Gasteiger partial charge on any atom is -0.310 e. The standard InChI is InChI=1S/C27H20N8O/c36-24-11-6-16-35(24)23-17-31-34-27(25(23)22-10-5-14-29-32-22)19-8-2-1-7-18(19)26-20(12-15-30-33-26)21-9-3-4-13-28-21/h1-5,7-10,12-15,17H,6,11,16H2. The maximum absolute atomic E-state index is 12.7. The first kappa shape index (κ1) is 21.6. The third-order valence-electron chi connectivity index (χ3n) is 6.12. The molecule has 9 heteroatoms. The summed E-state index contributed by atoms with van der Waals surface area (Å²) in [5.74, 6) is 0.0544. The summed E-state index contributed by atoms with van der Waals surface area (Å²) in [6, 6.07) is 19.1. The molecule has 0 aliphatic carbocycles. The summed E-state index contributed by atoms with van der Waals surface area (Å²) in [5, 5.41) is 26.0. The van der Waals surface area contributed by atoms with Crippen LogP contribution in [0, 0.1) is 0 Å². The highest BCUT2D eigenvalue weighted by Gasteiger charge is 2.28. The highest BCUT2D eigenvalue weighted by Crippen LogP contribution is 2.42. The quantitative estimate of drug-likeness (QED) is 0.373. The Morgan fingerprint density at radius 2 is 1.44 bits per heavy atom. The second kappa shape index (κ2) is 9.38. The Bertz CT molecular complexity index is 1540. The Morgan fingerprint density at radius 1 is 0.667 bits per heavy atom. The van der Waals surface area contributed by atoms with Gasteiger partial charge in [0.15, 0.2) is 0 Å². The lowest BCUT2D eigenvalue weighted by Crippen LogP contribution is -2.25. The van der Waals surface area contributed by atoms with E-state index in [4.69, 9.17) is 0 Å². The molecule has 0 N–H and O–H groups in total. The first-order valence-corrected chi connectivity index (χ1v) is 11.6. The van der Waals surface area contributed by atoms with E-state index >= 15 is 0 Å². The molecule has 5 heterocycles. The van der Waals surface area contributed by atoms with Gasteiger partial charge in [-0.25, -0.2) is 0 Å². The lowest BCUT2D eigenvalue weighted by atomic mass is 9.94. The van der Waals surface area contributed by atoms with E-state index in [1.807, 2.05) is 60.7 Å². The van der Waals surface area contributed by atoms with Crippen molar-refractivity contribution in [2.75, 3.05) is 11.4 Å².